The number of hydrogen-bond acceptors (Lipinski definition) is 4. The fourth-order valence-corrected chi connectivity index (χ4v) is 7.20. The second-order valence-corrected chi connectivity index (χ2v) is 13.3. The van der Waals surface area contributed by atoms with Crippen LogP contribution in [0.3, 0.4) is 0 Å². The summed E-state index contributed by atoms with van der Waals surface area (Å²) in [5.41, 5.74) is 11.1. The van der Waals surface area contributed by atoms with Crippen LogP contribution >= 0.6 is 0 Å². The monoisotopic (exact) mass is 677 g/mol. The lowest BCUT2D eigenvalue weighted by Crippen LogP contribution is -2.00. The first-order valence-corrected chi connectivity index (χ1v) is 17.8. The van der Waals surface area contributed by atoms with Crippen molar-refractivity contribution in [2.75, 3.05) is 0 Å². The highest BCUT2D eigenvalue weighted by molar-refractivity contribution is 6.15. The SMILES string of the molecule is c1ccc(-c2ccc(-c3nc(-c4ccccc4)nc(-c4cc(-c5ccccc5)cc(-c5ccc6c(c5)oc5c7ccccc7ccc65)c4)n3)cc2)cc1. The lowest BCUT2D eigenvalue weighted by Gasteiger charge is -2.13. The van der Waals surface area contributed by atoms with E-state index in [1.807, 2.05) is 42.5 Å². The molecule has 0 unspecified atom stereocenters. The van der Waals surface area contributed by atoms with Gasteiger partial charge in [-0.05, 0) is 75.2 Å². The van der Waals surface area contributed by atoms with Crippen LogP contribution in [-0.2, 0) is 0 Å². The van der Waals surface area contributed by atoms with Crippen molar-refractivity contribution in [2.24, 2.45) is 0 Å². The molecule has 248 valence electrons. The third-order valence-electron chi connectivity index (χ3n) is 9.91. The van der Waals surface area contributed by atoms with Crippen LogP contribution in [-0.4, -0.2) is 15.0 Å². The molecule has 4 heteroatoms. The molecule has 53 heavy (non-hydrogen) atoms. The quantitative estimate of drug-likeness (QED) is 0.176. The van der Waals surface area contributed by atoms with E-state index in [4.69, 9.17) is 19.4 Å². The molecule has 0 atom stereocenters. The van der Waals surface area contributed by atoms with Crippen molar-refractivity contribution < 1.29 is 4.42 Å². The van der Waals surface area contributed by atoms with E-state index in [2.05, 4.69) is 146 Å². The molecule has 10 rings (SSSR count). The lowest BCUT2D eigenvalue weighted by molar-refractivity contribution is 0.673. The van der Waals surface area contributed by atoms with Gasteiger partial charge in [-0.25, -0.2) is 15.0 Å². The molecule has 0 amide bonds. The Kier molecular flexibility index (Phi) is 7.43. The lowest BCUT2D eigenvalue weighted by atomic mass is 9.95. The van der Waals surface area contributed by atoms with E-state index >= 15 is 0 Å². The van der Waals surface area contributed by atoms with Crippen molar-refractivity contribution >= 4 is 32.7 Å². The highest BCUT2D eigenvalue weighted by Gasteiger charge is 2.17. The van der Waals surface area contributed by atoms with E-state index in [-0.39, 0.29) is 0 Å². The molecule has 2 aromatic heterocycles. The zero-order chi connectivity index (χ0) is 35.1. The zero-order valence-corrected chi connectivity index (χ0v) is 28.6. The van der Waals surface area contributed by atoms with Gasteiger partial charge < -0.3 is 4.42 Å². The highest BCUT2D eigenvalue weighted by atomic mass is 16.3. The molecule has 2 heterocycles. The molecule has 0 saturated heterocycles. The third kappa shape index (κ3) is 5.73. The van der Waals surface area contributed by atoms with Crippen molar-refractivity contribution in [2.45, 2.75) is 0 Å². The summed E-state index contributed by atoms with van der Waals surface area (Å²) in [5, 5.41) is 4.50. The Balaban J connectivity index is 1.14. The molecule has 10 aromatic rings. The molecule has 0 bridgehead atoms. The van der Waals surface area contributed by atoms with Gasteiger partial charge in [0.2, 0.25) is 0 Å². The minimum absolute atomic E-state index is 0.608. The Labute approximate surface area is 306 Å². The summed E-state index contributed by atoms with van der Waals surface area (Å²) in [6.07, 6.45) is 0. The maximum atomic E-state index is 6.59. The predicted molar refractivity (Wildman–Crippen MR) is 217 cm³/mol. The van der Waals surface area contributed by atoms with E-state index in [0.717, 1.165) is 71.8 Å². The second-order valence-electron chi connectivity index (χ2n) is 13.3. The molecule has 8 aromatic carbocycles. The standard InChI is InChI=1S/C49H31N3O/c1-4-12-32(13-5-1)34-20-22-37(23-21-34)48-50-47(36-17-8-3-9-18-36)51-49(52-48)41-29-39(33-14-6-2-7-15-33)28-40(30-41)38-25-26-43-44-27-24-35-16-10-11-19-42(35)46(44)53-45(43)31-38/h1-31H. The number of furan rings is 1. The average molecular weight is 678 g/mol. The first-order valence-electron chi connectivity index (χ1n) is 17.8. The van der Waals surface area contributed by atoms with Crippen molar-refractivity contribution in [1.29, 1.82) is 0 Å². The molecule has 0 aliphatic carbocycles. The van der Waals surface area contributed by atoms with Gasteiger partial charge in [0.05, 0.1) is 0 Å². The smallest absolute Gasteiger partial charge is 0.164 e. The van der Waals surface area contributed by atoms with Gasteiger partial charge >= 0.3 is 0 Å². The van der Waals surface area contributed by atoms with Crippen LogP contribution in [0.25, 0.3) is 100 Å². The Morgan fingerprint density at radius 3 is 1.42 bits per heavy atom. The normalized spacial score (nSPS) is 11.4. The van der Waals surface area contributed by atoms with Crippen LogP contribution in [0.4, 0.5) is 0 Å². The van der Waals surface area contributed by atoms with E-state index in [0.29, 0.717) is 17.5 Å². The molecule has 0 radical (unpaired) electrons. The van der Waals surface area contributed by atoms with Crippen molar-refractivity contribution in [1.82, 2.24) is 15.0 Å². The number of benzene rings is 8. The maximum absolute atomic E-state index is 6.59. The summed E-state index contributed by atoms with van der Waals surface area (Å²) in [6.45, 7) is 0. The van der Waals surface area contributed by atoms with Crippen molar-refractivity contribution in [3.63, 3.8) is 0 Å². The number of rotatable bonds is 6. The Morgan fingerprint density at radius 2 is 0.736 bits per heavy atom. The van der Waals surface area contributed by atoms with Gasteiger partial charge in [0.1, 0.15) is 11.2 Å². The van der Waals surface area contributed by atoms with Crippen molar-refractivity contribution in [3.05, 3.63) is 188 Å². The van der Waals surface area contributed by atoms with E-state index < -0.39 is 0 Å². The summed E-state index contributed by atoms with van der Waals surface area (Å²) in [4.78, 5) is 15.2. The maximum Gasteiger partial charge on any atom is 0.164 e. The Hall–Kier alpha value is -7.17. The first-order chi connectivity index (χ1) is 26.2. The van der Waals surface area contributed by atoms with Gasteiger partial charge in [-0.3, -0.25) is 0 Å². The van der Waals surface area contributed by atoms with Gasteiger partial charge in [-0.1, -0.05) is 152 Å². The predicted octanol–water partition coefficient (Wildman–Crippen LogP) is 12.9. The molecule has 4 nitrogen and oxygen atoms in total. The molecule has 0 saturated carbocycles. The van der Waals surface area contributed by atoms with Gasteiger partial charge in [-0.2, -0.15) is 0 Å². The molecule has 0 N–H and O–H groups in total. The highest BCUT2D eigenvalue weighted by Crippen LogP contribution is 2.38. The summed E-state index contributed by atoms with van der Waals surface area (Å²) in [6, 6.07) is 65.2. The molecule has 0 aliphatic heterocycles. The number of hydrogen-bond donors (Lipinski definition) is 0. The van der Waals surface area contributed by atoms with Crippen LogP contribution in [0.5, 0.6) is 0 Å². The van der Waals surface area contributed by atoms with Crippen molar-refractivity contribution in [3.8, 4) is 67.5 Å². The van der Waals surface area contributed by atoms with Crippen LogP contribution in [0.15, 0.2) is 192 Å². The van der Waals surface area contributed by atoms with Gasteiger partial charge in [0, 0.05) is 32.8 Å². The topological polar surface area (TPSA) is 51.8 Å². The fourth-order valence-electron chi connectivity index (χ4n) is 7.20. The number of aromatic nitrogens is 3. The van der Waals surface area contributed by atoms with Gasteiger partial charge in [-0.15, -0.1) is 0 Å². The third-order valence-corrected chi connectivity index (χ3v) is 9.91. The van der Waals surface area contributed by atoms with Gasteiger partial charge in [0.15, 0.2) is 17.5 Å². The average Bonchev–Trinajstić information content (AvgIpc) is 3.63. The number of fused-ring (bicyclic) bond motifs is 5. The van der Waals surface area contributed by atoms with Crippen LogP contribution in [0, 0.1) is 0 Å². The molecular weight excluding hydrogens is 647 g/mol. The van der Waals surface area contributed by atoms with E-state index in [1.165, 1.54) is 10.9 Å². The van der Waals surface area contributed by atoms with Crippen LogP contribution < -0.4 is 0 Å². The largest absolute Gasteiger partial charge is 0.455 e. The number of nitrogens with zero attached hydrogens (tertiary/aromatic N) is 3. The van der Waals surface area contributed by atoms with Crippen LogP contribution in [0.2, 0.25) is 0 Å². The molecule has 0 aliphatic rings. The Morgan fingerprint density at radius 1 is 0.283 bits per heavy atom. The van der Waals surface area contributed by atoms with E-state index in [1.54, 1.807) is 0 Å². The van der Waals surface area contributed by atoms with E-state index in [9.17, 15) is 0 Å². The molecule has 0 spiro atoms. The summed E-state index contributed by atoms with van der Waals surface area (Å²) >= 11 is 0. The minimum Gasteiger partial charge on any atom is -0.455 e. The summed E-state index contributed by atoms with van der Waals surface area (Å²) < 4.78 is 6.59. The van der Waals surface area contributed by atoms with Crippen LogP contribution in [0.1, 0.15) is 0 Å². The zero-order valence-electron chi connectivity index (χ0n) is 28.6. The molecular formula is C49H31N3O. The first kappa shape index (κ1) is 30.6. The summed E-state index contributed by atoms with van der Waals surface area (Å²) in [5.74, 6) is 1.85. The fraction of sp³-hybridized carbons (Fsp3) is 0. The van der Waals surface area contributed by atoms with Gasteiger partial charge in [0.25, 0.3) is 0 Å². The second kappa shape index (κ2) is 12.9. The molecule has 0 fully saturated rings. The Bertz CT molecular complexity index is 2920. The minimum atomic E-state index is 0.608. The summed E-state index contributed by atoms with van der Waals surface area (Å²) in [7, 11) is 0.